The van der Waals surface area contributed by atoms with Crippen LogP contribution in [-0.4, -0.2) is 30.6 Å². The number of likely N-dealkylation sites (tertiary alicyclic amines) is 1. The van der Waals surface area contributed by atoms with Gasteiger partial charge in [-0.3, -0.25) is 0 Å². The molecule has 1 atom stereocenters. The third-order valence-electron chi connectivity index (χ3n) is 4.93. The van der Waals surface area contributed by atoms with Gasteiger partial charge in [0.1, 0.15) is 0 Å². The highest BCUT2D eigenvalue weighted by atomic mass is 15.1. The van der Waals surface area contributed by atoms with Crippen molar-refractivity contribution in [2.24, 2.45) is 0 Å². The van der Waals surface area contributed by atoms with Gasteiger partial charge in [-0.05, 0) is 50.4 Å². The van der Waals surface area contributed by atoms with E-state index in [0.29, 0.717) is 12.1 Å². The molecule has 122 valence electrons. The van der Waals surface area contributed by atoms with Crippen LogP contribution in [0.4, 0.5) is 0 Å². The second-order valence-corrected chi connectivity index (χ2v) is 6.65. The highest BCUT2D eigenvalue weighted by Crippen LogP contribution is 2.17. The molecule has 23 heavy (non-hydrogen) atoms. The lowest BCUT2D eigenvalue weighted by molar-refractivity contribution is 0.194. The quantitative estimate of drug-likeness (QED) is 0.866. The molecule has 0 amide bonds. The Kier molecular flexibility index (Phi) is 5.84. The van der Waals surface area contributed by atoms with Crippen LogP contribution in [0, 0.1) is 0 Å². The van der Waals surface area contributed by atoms with Crippen molar-refractivity contribution >= 4 is 0 Å². The maximum atomic E-state index is 3.80. The largest absolute Gasteiger partial charge is 0.307 e. The van der Waals surface area contributed by atoms with Crippen LogP contribution in [-0.2, 0) is 6.42 Å². The lowest BCUT2D eigenvalue weighted by atomic mass is 10.0. The van der Waals surface area contributed by atoms with Gasteiger partial charge >= 0.3 is 0 Å². The van der Waals surface area contributed by atoms with Crippen molar-refractivity contribution in [2.45, 2.75) is 38.3 Å². The van der Waals surface area contributed by atoms with Crippen LogP contribution in [0.1, 0.15) is 36.9 Å². The molecule has 0 unspecified atom stereocenters. The Balaban J connectivity index is 1.40. The van der Waals surface area contributed by atoms with Crippen LogP contribution in [0.15, 0.2) is 60.7 Å². The molecule has 0 radical (unpaired) electrons. The van der Waals surface area contributed by atoms with Gasteiger partial charge in [-0.1, -0.05) is 60.7 Å². The van der Waals surface area contributed by atoms with Gasteiger partial charge in [0.15, 0.2) is 0 Å². The van der Waals surface area contributed by atoms with Crippen LogP contribution in [0.5, 0.6) is 0 Å². The van der Waals surface area contributed by atoms with Crippen LogP contribution in [0.25, 0.3) is 0 Å². The molecule has 3 rings (SSSR count). The molecule has 1 heterocycles. The monoisotopic (exact) mass is 308 g/mol. The summed E-state index contributed by atoms with van der Waals surface area (Å²) in [5.41, 5.74) is 2.84. The highest BCUT2D eigenvalue weighted by molar-refractivity contribution is 5.18. The molecule has 1 fully saturated rings. The summed E-state index contributed by atoms with van der Waals surface area (Å²) in [6.07, 6.45) is 3.68. The van der Waals surface area contributed by atoms with Gasteiger partial charge < -0.3 is 10.2 Å². The molecule has 1 aliphatic rings. The number of piperidine rings is 1. The standard InChI is InChI=1S/C21H28N2/c1-18(20-10-6-3-7-11-20)22-21-13-16-23(17-14-21)15-12-19-8-4-2-5-9-19/h2-11,18,21-22H,12-17H2,1H3/t18-/m0/s1. The van der Waals surface area contributed by atoms with Gasteiger partial charge in [-0.15, -0.1) is 0 Å². The summed E-state index contributed by atoms with van der Waals surface area (Å²) in [5.74, 6) is 0. The topological polar surface area (TPSA) is 15.3 Å². The van der Waals surface area contributed by atoms with Crippen molar-refractivity contribution in [1.29, 1.82) is 0 Å². The first kappa shape index (κ1) is 16.2. The average molecular weight is 308 g/mol. The summed E-state index contributed by atoms with van der Waals surface area (Å²) < 4.78 is 0. The molecular weight excluding hydrogens is 280 g/mol. The second-order valence-electron chi connectivity index (χ2n) is 6.65. The number of rotatable bonds is 6. The number of hydrogen-bond acceptors (Lipinski definition) is 2. The predicted molar refractivity (Wildman–Crippen MR) is 97.6 cm³/mol. The molecule has 1 saturated heterocycles. The Hall–Kier alpha value is -1.64. The number of nitrogens with zero attached hydrogens (tertiary/aromatic N) is 1. The Labute approximate surface area is 140 Å². The van der Waals surface area contributed by atoms with Gasteiger partial charge in [-0.2, -0.15) is 0 Å². The molecule has 1 N–H and O–H groups in total. The van der Waals surface area contributed by atoms with Crippen molar-refractivity contribution in [3.05, 3.63) is 71.8 Å². The van der Waals surface area contributed by atoms with Crippen LogP contribution in [0.3, 0.4) is 0 Å². The zero-order chi connectivity index (χ0) is 15.9. The highest BCUT2D eigenvalue weighted by Gasteiger charge is 2.20. The van der Waals surface area contributed by atoms with Gasteiger partial charge in [0.05, 0.1) is 0 Å². The van der Waals surface area contributed by atoms with E-state index in [2.05, 4.69) is 77.8 Å². The summed E-state index contributed by atoms with van der Waals surface area (Å²) in [5, 5.41) is 3.80. The van der Waals surface area contributed by atoms with Crippen LogP contribution >= 0.6 is 0 Å². The Morgan fingerprint density at radius 3 is 2.22 bits per heavy atom. The minimum absolute atomic E-state index is 0.442. The van der Waals surface area contributed by atoms with Crippen molar-refractivity contribution in [3.8, 4) is 0 Å². The molecule has 0 aromatic heterocycles. The SMILES string of the molecule is C[C@H](NC1CCN(CCc2ccccc2)CC1)c1ccccc1. The molecular formula is C21H28N2. The summed E-state index contributed by atoms with van der Waals surface area (Å²) in [4.78, 5) is 2.61. The minimum Gasteiger partial charge on any atom is -0.307 e. The predicted octanol–water partition coefficient (Wildman–Crippen LogP) is 4.04. The Morgan fingerprint density at radius 1 is 0.957 bits per heavy atom. The first-order valence-electron chi connectivity index (χ1n) is 8.88. The smallest absolute Gasteiger partial charge is 0.0294 e. The summed E-state index contributed by atoms with van der Waals surface area (Å²) >= 11 is 0. The van der Waals surface area contributed by atoms with Crippen molar-refractivity contribution in [3.63, 3.8) is 0 Å². The summed E-state index contributed by atoms with van der Waals surface area (Å²) in [6, 6.07) is 22.7. The van der Waals surface area contributed by atoms with E-state index >= 15 is 0 Å². The van der Waals surface area contributed by atoms with Crippen molar-refractivity contribution in [1.82, 2.24) is 10.2 Å². The molecule has 2 nitrogen and oxygen atoms in total. The molecule has 0 bridgehead atoms. The zero-order valence-electron chi connectivity index (χ0n) is 14.1. The van der Waals surface area contributed by atoms with Crippen LogP contribution < -0.4 is 5.32 Å². The molecule has 2 aromatic carbocycles. The fraction of sp³-hybridized carbons (Fsp3) is 0.429. The summed E-state index contributed by atoms with van der Waals surface area (Å²) in [6.45, 7) is 5.89. The number of benzene rings is 2. The third kappa shape index (κ3) is 4.92. The van der Waals surface area contributed by atoms with Gasteiger partial charge in [0.25, 0.3) is 0 Å². The average Bonchev–Trinajstić information content (AvgIpc) is 2.63. The van der Waals surface area contributed by atoms with E-state index in [-0.39, 0.29) is 0 Å². The van der Waals surface area contributed by atoms with Gasteiger partial charge in [0.2, 0.25) is 0 Å². The first-order chi connectivity index (χ1) is 11.3. The zero-order valence-corrected chi connectivity index (χ0v) is 14.1. The van der Waals surface area contributed by atoms with E-state index in [1.807, 2.05) is 0 Å². The first-order valence-corrected chi connectivity index (χ1v) is 8.88. The number of hydrogen-bond donors (Lipinski definition) is 1. The van der Waals surface area contributed by atoms with Gasteiger partial charge in [-0.25, -0.2) is 0 Å². The third-order valence-corrected chi connectivity index (χ3v) is 4.93. The van der Waals surface area contributed by atoms with Crippen molar-refractivity contribution < 1.29 is 0 Å². The van der Waals surface area contributed by atoms with E-state index in [1.54, 1.807) is 0 Å². The Bertz CT molecular complexity index is 559. The van der Waals surface area contributed by atoms with E-state index < -0.39 is 0 Å². The maximum absolute atomic E-state index is 3.80. The molecule has 0 saturated carbocycles. The maximum Gasteiger partial charge on any atom is 0.0294 e. The van der Waals surface area contributed by atoms with E-state index in [9.17, 15) is 0 Å². The lowest BCUT2D eigenvalue weighted by Crippen LogP contribution is -2.43. The normalized spacial score (nSPS) is 18.0. The molecule has 2 aromatic rings. The molecule has 1 aliphatic heterocycles. The molecule has 0 aliphatic carbocycles. The molecule has 0 spiro atoms. The summed E-state index contributed by atoms with van der Waals surface area (Å²) in [7, 11) is 0. The van der Waals surface area contributed by atoms with E-state index in [0.717, 1.165) is 0 Å². The fourth-order valence-electron chi connectivity index (χ4n) is 3.45. The van der Waals surface area contributed by atoms with Gasteiger partial charge in [0, 0.05) is 18.6 Å². The minimum atomic E-state index is 0.442. The fourth-order valence-corrected chi connectivity index (χ4v) is 3.45. The van der Waals surface area contributed by atoms with E-state index in [1.165, 1.54) is 50.0 Å². The van der Waals surface area contributed by atoms with Crippen LogP contribution in [0.2, 0.25) is 0 Å². The second kappa shape index (κ2) is 8.28. The number of nitrogens with one attached hydrogen (secondary N) is 1. The van der Waals surface area contributed by atoms with E-state index in [4.69, 9.17) is 0 Å². The Morgan fingerprint density at radius 2 is 1.57 bits per heavy atom. The lowest BCUT2D eigenvalue weighted by Gasteiger charge is -2.34. The molecule has 2 heteroatoms. The van der Waals surface area contributed by atoms with Crippen molar-refractivity contribution in [2.75, 3.05) is 19.6 Å².